The second-order valence-electron chi connectivity index (χ2n) is 10.1. The molecule has 0 fully saturated rings. The molecule has 0 saturated heterocycles. The van der Waals surface area contributed by atoms with Gasteiger partial charge in [-0.3, -0.25) is 19.4 Å². The van der Waals surface area contributed by atoms with E-state index < -0.39 is 17.9 Å². The smallest absolute Gasteiger partial charge is 0.255 e. The average Bonchev–Trinajstić information content (AvgIpc) is 3.00. The lowest BCUT2D eigenvalue weighted by molar-refractivity contribution is -0.124. The molecule has 41 heavy (non-hydrogen) atoms. The van der Waals surface area contributed by atoms with E-state index >= 15 is 0 Å². The maximum atomic E-state index is 14.1. The van der Waals surface area contributed by atoms with Gasteiger partial charge in [-0.25, -0.2) is 0 Å². The molecule has 0 aliphatic carbocycles. The van der Waals surface area contributed by atoms with Gasteiger partial charge in [-0.2, -0.15) is 0 Å². The molecule has 3 N–H and O–H groups in total. The second kappa shape index (κ2) is 12.5. The Bertz CT molecular complexity index is 1540. The number of hydrogen-bond donors (Lipinski definition) is 2. The molecule has 0 spiro atoms. The van der Waals surface area contributed by atoms with Gasteiger partial charge in [0.15, 0.2) is 6.61 Å². The Balaban J connectivity index is 1.58. The van der Waals surface area contributed by atoms with E-state index in [1.807, 2.05) is 61.5 Å². The Morgan fingerprint density at radius 3 is 2.39 bits per heavy atom. The molecule has 0 saturated carbocycles. The summed E-state index contributed by atoms with van der Waals surface area (Å²) in [5.41, 5.74) is 10.2. The molecule has 1 aliphatic heterocycles. The van der Waals surface area contributed by atoms with Crippen LogP contribution in [0.3, 0.4) is 0 Å². The second-order valence-corrected chi connectivity index (χ2v) is 10.1. The lowest BCUT2D eigenvalue weighted by Crippen LogP contribution is -2.48. The minimum atomic E-state index is -0.739. The topological polar surface area (TPSA) is 115 Å². The van der Waals surface area contributed by atoms with E-state index in [1.165, 1.54) is 0 Å². The molecule has 2 unspecified atom stereocenters. The number of amides is 3. The Hall–Kier alpha value is -4.98. The minimum absolute atomic E-state index is 0.168. The number of ether oxygens (including phenoxy) is 1. The zero-order chi connectivity index (χ0) is 28.8. The first-order valence-corrected chi connectivity index (χ1v) is 13.5. The van der Waals surface area contributed by atoms with Gasteiger partial charge in [0.25, 0.3) is 11.8 Å². The number of aryl methyl sites for hydroxylation is 1. The van der Waals surface area contributed by atoms with E-state index in [0.717, 1.165) is 16.7 Å². The number of primary amides is 1. The van der Waals surface area contributed by atoms with Crippen molar-refractivity contribution in [2.24, 2.45) is 5.73 Å². The van der Waals surface area contributed by atoms with Crippen molar-refractivity contribution in [1.82, 2.24) is 15.2 Å². The van der Waals surface area contributed by atoms with Crippen LogP contribution >= 0.6 is 0 Å². The van der Waals surface area contributed by atoms with Gasteiger partial charge in [0, 0.05) is 36.6 Å². The standard InChI is InChI=1S/C33H32N4O4/c1-22-12-14-23(15-13-22)16-18-37-31(27-10-4-5-11-28(27)41-21-29(34)38)30(25-8-2-3-9-26(25)33(37)40)32(39)36-20-24-7-6-17-35-19-24/h2-15,17,19,30-31H,16,18,20-21H2,1H3,(H2,34,38)(H,36,39). The summed E-state index contributed by atoms with van der Waals surface area (Å²) < 4.78 is 5.80. The third kappa shape index (κ3) is 6.27. The summed E-state index contributed by atoms with van der Waals surface area (Å²) in [6, 6.07) is 25.6. The fourth-order valence-electron chi connectivity index (χ4n) is 5.28. The van der Waals surface area contributed by atoms with Crippen LogP contribution in [0.5, 0.6) is 5.75 Å². The maximum Gasteiger partial charge on any atom is 0.255 e. The van der Waals surface area contributed by atoms with Crippen LogP contribution in [0, 0.1) is 6.92 Å². The van der Waals surface area contributed by atoms with Gasteiger partial charge in [-0.05, 0) is 48.2 Å². The number of carbonyl (C=O) groups is 3. The molecule has 208 valence electrons. The lowest BCUT2D eigenvalue weighted by Gasteiger charge is -2.42. The van der Waals surface area contributed by atoms with Gasteiger partial charge >= 0.3 is 0 Å². The van der Waals surface area contributed by atoms with Crippen molar-refractivity contribution in [3.63, 3.8) is 0 Å². The van der Waals surface area contributed by atoms with Gasteiger partial charge in [-0.1, -0.05) is 72.3 Å². The number of pyridine rings is 1. The molecular weight excluding hydrogens is 516 g/mol. The zero-order valence-corrected chi connectivity index (χ0v) is 22.8. The largest absolute Gasteiger partial charge is 0.483 e. The van der Waals surface area contributed by atoms with Crippen molar-refractivity contribution in [3.8, 4) is 5.75 Å². The molecule has 0 bridgehead atoms. The van der Waals surface area contributed by atoms with E-state index in [4.69, 9.17) is 10.5 Å². The Kier molecular flexibility index (Phi) is 8.39. The molecule has 8 heteroatoms. The fourth-order valence-corrected chi connectivity index (χ4v) is 5.28. The molecule has 3 aromatic carbocycles. The normalized spacial score (nSPS) is 16.1. The number of carbonyl (C=O) groups excluding carboxylic acids is 3. The van der Waals surface area contributed by atoms with E-state index in [0.29, 0.717) is 35.4 Å². The SMILES string of the molecule is Cc1ccc(CCN2C(=O)c3ccccc3C(C(=O)NCc3cccnc3)C2c2ccccc2OCC(N)=O)cc1. The summed E-state index contributed by atoms with van der Waals surface area (Å²) in [6.07, 6.45) is 3.98. The third-order valence-electron chi connectivity index (χ3n) is 7.28. The predicted octanol–water partition coefficient (Wildman–Crippen LogP) is 4.09. The third-order valence-corrected chi connectivity index (χ3v) is 7.28. The van der Waals surface area contributed by atoms with E-state index in [1.54, 1.807) is 35.5 Å². The fraction of sp³-hybridized carbons (Fsp3) is 0.212. The van der Waals surface area contributed by atoms with Crippen molar-refractivity contribution in [3.05, 3.63) is 131 Å². The average molecular weight is 549 g/mol. The van der Waals surface area contributed by atoms with Gasteiger partial charge in [-0.15, -0.1) is 0 Å². The number of nitrogens with zero attached hydrogens (tertiary/aromatic N) is 2. The summed E-state index contributed by atoms with van der Waals surface area (Å²) >= 11 is 0. The quantitative estimate of drug-likeness (QED) is 0.310. The molecular formula is C33H32N4O4. The molecule has 3 amide bonds. The van der Waals surface area contributed by atoms with Gasteiger partial charge in [0.05, 0.1) is 12.0 Å². The van der Waals surface area contributed by atoms with Crippen LogP contribution in [-0.4, -0.2) is 40.8 Å². The van der Waals surface area contributed by atoms with Crippen molar-refractivity contribution in [2.45, 2.75) is 31.8 Å². The van der Waals surface area contributed by atoms with Crippen LogP contribution in [0.25, 0.3) is 0 Å². The molecule has 2 atom stereocenters. The Morgan fingerprint density at radius 1 is 0.927 bits per heavy atom. The van der Waals surface area contributed by atoms with Crippen molar-refractivity contribution in [1.29, 1.82) is 0 Å². The number of para-hydroxylation sites is 1. The monoisotopic (exact) mass is 548 g/mol. The highest BCUT2D eigenvalue weighted by Gasteiger charge is 2.45. The minimum Gasteiger partial charge on any atom is -0.483 e. The zero-order valence-electron chi connectivity index (χ0n) is 22.8. The Morgan fingerprint density at radius 2 is 1.66 bits per heavy atom. The first-order valence-electron chi connectivity index (χ1n) is 13.5. The number of rotatable bonds is 10. The lowest BCUT2D eigenvalue weighted by atomic mass is 9.78. The van der Waals surface area contributed by atoms with Gasteiger partial charge in [0.2, 0.25) is 5.91 Å². The summed E-state index contributed by atoms with van der Waals surface area (Å²) in [5.74, 6) is -1.36. The van der Waals surface area contributed by atoms with Crippen molar-refractivity contribution in [2.75, 3.05) is 13.2 Å². The first kappa shape index (κ1) is 27.6. The summed E-state index contributed by atoms with van der Waals surface area (Å²) in [5, 5.41) is 3.06. The molecule has 8 nitrogen and oxygen atoms in total. The van der Waals surface area contributed by atoms with Gasteiger partial charge < -0.3 is 20.7 Å². The predicted molar refractivity (Wildman–Crippen MR) is 155 cm³/mol. The van der Waals surface area contributed by atoms with Crippen LogP contribution in [0.2, 0.25) is 0 Å². The van der Waals surface area contributed by atoms with E-state index in [2.05, 4.69) is 22.4 Å². The molecule has 1 aromatic heterocycles. The molecule has 2 heterocycles. The number of nitrogens with two attached hydrogens (primary N) is 1. The Labute approximate surface area is 239 Å². The number of nitrogens with one attached hydrogen (secondary N) is 1. The highest BCUT2D eigenvalue weighted by atomic mass is 16.5. The highest BCUT2D eigenvalue weighted by molar-refractivity contribution is 6.01. The molecule has 0 radical (unpaired) electrons. The molecule has 5 rings (SSSR count). The first-order chi connectivity index (χ1) is 19.9. The maximum absolute atomic E-state index is 14.1. The van der Waals surface area contributed by atoms with Crippen LogP contribution in [0.1, 0.15) is 50.1 Å². The summed E-state index contributed by atoms with van der Waals surface area (Å²) in [7, 11) is 0. The van der Waals surface area contributed by atoms with Crippen LogP contribution in [-0.2, 0) is 22.6 Å². The number of benzene rings is 3. The summed E-state index contributed by atoms with van der Waals surface area (Å²) in [6.45, 7) is 2.37. The van der Waals surface area contributed by atoms with Gasteiger partial charge in [0.1, 0.15) is 5.75 Å². The number of hydrogen-bond acceptors (Lipinski definition) is 5. The highest BCUT2D eigenvalue weighted by Crippen LogP contribution is 2.45. The molecule has 4 aromatic rings. The van der Waals surface area contributed by atoms with E-state index in [9.17, 15) is 14.4 Å². The van der Waals surface area contributed by atoms with Crippen LogP contribution in [0.15, 0.2) is 97.3 Å². The number of aromatic nitrogens is 1. The van der Waals surface area contributed by atoms with Crippen LogP contribution in [0.4, 0.5) is 0 Å². The van der Waals surface area contributed by atoms with Crippen molar-refractivity contribution >= 4 is 17.7 Å². The summed E-state index contributed by atoms with van der Waals surface area (Å²) in [4.78, 5) is 45.6. The van der Waals surface area contributed by atoms with Crippen LogP contribution < -0.4 is 15.8 Å². The number of fused-ring (bicyclic) bond motifs is 1. The molecule has 1 aliphatic rings. The van der Waals surface area contributed by atoms with E-state index in [-0.39, 0.29) is 25.0 Å². The van der Waals surface area contributed by atoms with Crippen molar-refractivity contribution < 1.29 is 19.1 Å².